The van der Waals surface area contributed by atoms with Crippen molar-refractivity contribution < 1.29 is 4.79 Å². The SMILES string of the molecule is CN(C)c1ncnc2c1cc(C(=O)N1CC[C@@H]3CCC[C@@H]31)n2C. The molecule has 2 fully saturated rings. The van der Waals surface area contributed by atoms with Gasteiger partial charge in [-0.25, -0.2) is 9.97 Å². The summed E-state index contributed by atoms with van der Waals surface area (Å²) in [6.07, 6.45) is 6.41. The number of amides is 1. The van der Waals surface area contributed by atoms with Gasteiger partial charge in [-0.2, -0.15) is 0 Å². The van der Waals surface area contributed by atoms with Crippen molar-refractivity contribution in [1.82, 2.24) is 19.4 Å². The lowest BCUT2D eigenvalue weighted by Crippen LogP contribution is -2.36. The van der Waals surface area contributed by atoms with E-state index in [1.54, 1.807) is 6.33 Å². The number of fused-ring (bicyclic) bond motifs is 2. The second-order valence-corrected chi connectivity index (χ2v) is 6.96. The van der Waals surface area contributed by atoms with Crippen LogP contribution in [0.5, 0.6) is 0 Å². The molecule has 2 aliphatic rings. The predicted molar refractivity (Wildman–Crippen MR) is 89.6 cm³/mol. The number of nitrogens with zero attached hydrogens (tertiary/aromatic N) is 5. The lowest BCUT2D eigenvalue weighted by atomic mass is 10.0. The molecule has 1 amide bonds. The van der Waals surface area contributed by atoms with E-state index in [0.29, 0.717) is 12.0 Å². The van der Waals surface area contributed by atoms with E-state index < -0.39 is 0 Å². The first kappa shape index (κ1) is 14.5. The third kappa shape index (κ3) is 2.11. The minimum absolute atomic E-state index is 0.143. The average Bonchev–Trinajstić information content (AvgIpc) is 3.20. The van der Waals surface area contributed by atoms with Crippen molar-refractivity contribution in [1.29, 1.82) is 0 Å². The number of aromatic nitrogens is 3. The molecule has 122 valence electrons. The zero-order valence-electron chi connectivity index (χ0n) is 14.0. The van der Waals surface area contributed by atoms with Crippen LogP contribution < -0.4 is 4.90 Å². The van der Waals surface area contributed by atoms with Gasteiger partial charge in [-0.1, -0.05) is 6.42 Å². The Balaban J connectivity index is 1.75. The first-order chi connectivity index (χ1) is 11.1. The molecule has 0 radical (unpaired) electrons. The number of carbonyl (C=O) groups is 1. The standard InChI is InChI=1S/C17H23N5O/c1-20(2)15-12-9-14(21(3)16(12)19-10-18-15)17(23)22-8-7-11-5-4-6-13(11)22/h9-11,13H,4-8H2,1-3H3/t11-,13-/m0/s1. The Morgan fingerprint density at radius 1 is 1.26 bits per heavy atom. The molecule has 1 aliphatic heterocycles. The minimum Gasteiger partial charge on any atom is -0.362 e. The third-order valence-electron chi connectivity index (χ3n) is 5.47. The second kappa shape index (κ2) is 5.22. The van der Waals surface area contributed by atoms with Gasteiger partial charge in [0.15, 0.2) is 0 Å². The molecule has 6 nitrogen and oxygen atoms in total. The molecule has 0 unspecified atom stereocenters. The Hall–Kier alpha value is -2.11. The Kier molecular flexibility index (Phi) is 3.28. The summed E-state index contributed by atoms with van der Waals surface area (Å²) in [6.45, 7) is 0.891. The Morgan fingerprint density at radius 3 is 2.87 bits per heavy atom. The number of hydrogen-bond acceptors (Lipinski definition) is 4. The van der Waals surface area contributed by atoms with E-state index in [1.807, 2.05) is 36.7 Å². The van der Waals surface area contributed by atoms with Crippen molar-refractivity contribution in [2.24, 2.45) is 13.0 Å². The van der Waals surface area contributed by atoms with Gasteiger partial charge in [0, 0.05) is 33.7 Å². The maximum Gasteiger partial charge on any atom is 0.270 e. The van der Waals surface area contributed by atoms with Crippen LogP contribution >= 0.6 is 0 Å². The highest BCUT2D eigenvalue weighted by Gasteiger charge is 2.40. The summed E-state index contributed by atoms with van der Waals surface area (Å²) >= 11 is 0. The van der Waals surface area contributed by atoms with E-state index in [0.717, 1.165) is 41.9 Å². The highest BCUT2D eigenvalue weighted by Crippen LogP contribution is 2.38. The first-order valence-corrected chi connectivity index (χ1v) is 8.36. The van der Waals surface area contributed by atoms with Crippen LogP contribution in [0.2, 0.25) is 0 Å². The molecule has 2 atom stereocenters. The third-order valence-corrected chi connectivity index (χ3v) is 5.47. The van der Waals surface area contributed by atoms with E-state index in [9.17, 15) is 4.79 Å². The summed E-state index contributed by atoms with van der Waals surface area (Å²) in [7, 11) is 5.84. The van der Waals surface area contributed by atoms with Crippen molar-refractivity contribution >= 4 is 22.8 Å². The van der Waals surface area contributed by atoms with E-state index in [4.69, 9.17) is 0 Å². The minimum atomic E-state index is 0.143. The van der Waals surface area contributed by atoms with Gasteiger partial charge >= 0.3 is 0 Å². The summed E-state index contributed by atoms with van der Waals surface area (Å²) in [5.41, 5.74) is 1.53. The summed E-state index contributed by atoms with van der Waals surface area (Å²) in [5.74, 6) is 1.71. The molecule has 2 aromatic rings. The predicted octanol–water partition coefficient (Wildman–Crippen LogP) is 2.05. The summed E-state index contributed by atoms with van der Waals surface area (Å²) in [4.78, 5) is 25.9. The maximum atomic E-state index is 13.1. The van der Waals surface area contributed by atoms with Gasteiger partial charge in [-0.05, 0) is 31.2 Å². The molecule has 3 heterocycles. The lowest BCUT2D eigenvalue weighted by Gasteiger charge is -2.24. The number of rotatable bonds is 2. The number of anilines is 1. The maximum absolute atomic E-state index is 13.1. The fourth-order valence-corrected chi connectivity index (χ4v) is 4.32. The molecule has 1 saturated heterocycles. The zero-order chi connectivity index (χ0) is 16.1. The van der Waals surface area contributed by atoms with Gasteiger partial charge in [0.25, 0.3) is 5.91 Å². The average molecular weight is 313 g/mol. The largest absolute Gasteiger partial charge is 0.362 e. The van der Waals surface area contributed by atoms with Crippen LogP contribution in [-0.4, -0.2) is 52.0 Å². The Labute approximate surface area is 136 Å². The number of hydrogen-bond donors (Lipinski definition) is 0. The van der Waals surface area contributed by atoms with Crippen molar-refractivity contribution in [3.8, 4) is 0 Å². The van der Waals surface area contributed by atoms with E-state index in [2.05, 4.69) is 14.9 Å². The van der Waals surface area contributed by atoms with E-state index >= 15 is 0 Å². The van der Waals surface area contributed by atoms with Crippen LogP contribution in [0.25, 0.3) is 11.0 Å². The van der Waals surface area contributed by atoms with Crippen molar-refractivity contribution in [2.45, 2.75) is 31.7 Å². The molecule has 23 heavy (non-hydrogen) atoms. The monoisotopic (exact) mass is 313 g/mol. The van der Waals surface area contributed by atoms with Gasteiger partial charge in [-0.15, -0.1) is 0 Å². The number of carbonyl (C=O) groups excluding carboxylic acids is 1. The molecule has 4 rings (SSSR count). The fraction of sp³-hybridized carbons (Fsp3) is 0.588. The number of likely N-dealkylation sites (tertiary alicyclic amines) is 1. The first-order valence-electron chi connectivity index (χ1n) is 8.36. The number of aryl methyl sites for hydroxylation is 1. The fourth-order valence-electron chi connectivity index (χ4n) is 4.32. The highest BCUT2D eigenvalue weighted by molar-refractivity contribution is 6.00. The van der Waals surface area contributed by atoms with E-state index in [1.165, 1.54) is 12.8 Å². The lowest BCUT2D eigenvalue weighted by molar-refractivity contribution is 0.0719. The van der Waals surface area contributed by atoms with Crippen molar-refractivity contribution in [3.05, 3.63) is 18.1 Å². The van der Waals surface area contributed by atoms with Crippen molar-refractivity contribution in [3.63, 3.8) is 0 Å². The quantitative estimate of drug-likeness (QED) is 0.851. The molecule has 2 aromatic heterocycles. The van der Waals surface area contributed by atoms with Gasteiger partial charge in [0.05, 0.1) is 5.39 Å². The smallest absolute Gasteiger partial charge is 0.270 e. The molecule has 0 aromatic carbocycles. The Morgan fingerprint density at radius 2 is 2.09 bits per heavy atom. The van der Waals surface area contributed by atoms with Gasteiger partial charge in [0.2, 0.25) is 0 Å². The van der Waals surface area contributed by atoms with Crippen LogP contribution in [-0.2, 0) is 7.05 Å². The molecular weight excluding hydrogens is 290 g/mol. The van der Waals surface area contributed by atoms with Gasteiger partial charge in [0.1, 0.15) is 23.5 Å². The molecule has 0 bridgehead atoms. The molecule has 0 spiro atoms. The topological polar surface area (TPSA) is 54.3 Å². The molecule has 0 N–H and O–H groups in total. The summed E-state index contributed by atoms with van der Waals surface area (Å²) < 4.78 is 1.91. The molecule has 6 heteroatoms. The highest BCUT2D eigenvalue weighted by atomic mass is 16.2. The summed E-state index contributed by atoms with van der Waals surface area (Å²) in [6, 6.07) is 2.40. The van der Waals surface area contributed by atoms with Gasteiger partial charge in [-0.3, -0.25) is 4.79 Å². The normalized spacial score (nSPS) is 23.5. The van der Waals surface area contributed by atoms with Crippen LogP contribution in [0.4, 0.5) is 5.82 Å². The van der Waals surface area contributed by atoms with Crippen LogP contribution in [0.15, 0.2) is 12.4 Å². The zero-order valence-corrected chi connectivity index (χ0v) is 14.0. The molecule has 1 saturated carbocycles. The molecular formula is C17H23N5O. The van der Waals surface area contributed by atoms with Crippen LogP contribution in [0.1, 0.15) is 36.2 Å². The second-order valence-electron chi connectivity index (χ2n) is 6.96. The van der Waals surface area contributed by atoms with Crippen LogP contribution in [0, 0.1) is 5.92 Å². The summed E-state index contributed by atoms with van der Waals surface area (Å²) in [5, 5.41) is 0.936. The van der Waals surface area contributed by atoms with E-state index in [-0.39, 0.29) is 5.91 Å². The van der Waals surface area contributed by atoms with Crippen molar-refractivity contribution in [2.75, 3.05) is 25.5 Å². The Bertz CT molecular complexity index is 766. The van der Waals surface area contributed by atoms with Crippen LogP contribution in [0.3, 0.4) is 0 Å². The van der Waals surface area contributed by atoms with Gasteiger partial charge < -0.3 is 14.4 Å². The molecule has 1 aliphatic carbocycles.